The zero-order chi connectivity index (χ0) is 16.7. The van der Waals surface area contributed by atoms with Crippen LogP contribution in [0.25, 0.3) is 21.8 Å². The van der Waals surface area contributed by atoms with E-state index in [1.54, 1.807) is 7.11 Å². The number of pyridine rings is 1. The van der Waals surface area contributed by atoms with Crippen LogP contribution in [0.2, 0.25) is 0 Å². The fraction of sp³-hybridized carbons (Fsp3) is 0.368. The molecule has 1 aliphatic carbocycles. The van der Waals surface area contributed by atoms with Crippen molar-refractivity contribution in [2.75, 3.05) is 7.11 Å². The maximum Gasteiger partial charge on any atom is 0.229 e. The lowest BCUT2D eigenvalue weighted by Crippen LogP contribution is -2.43. The number of nitrogens with one attached hydrogen (secondary N) is 1. The smallest absolute Gasteiger partial charge is 0.229 e. The highest BCUT2D eigenvalue weighted by molar-refractivity contribution is 6.07. The SMILES string of the molecule is COc1ccc2c(c1)[nH]c1cnc(C3(C(N)=O)CCCCC3)cc12. The highest BCUT2D eigenvalue weighted by atomic mass is 16.5. The molecule has 2 aromatic heterocycles. The van der Waals surface area contributed by atoms with Crippen LogP contribution in [0.5, 0.6) is 5.75 Å². The number of hydrogen-bond acceptors (Lipinski definition) is 3. The highest BCUT2D eigenvalue weighted by Crippen LogP contribution is 2.40. The summed E-state index contributed by atoms with van der Waals surface area (Å²) in [6.07, 6.45) is 6.59. The summed E-state index contributed by atoms with van der Waals surface area (Å²) in [4.78, 5) is 20.2. The molecule has 2 heterocycles. The second kappa shape index (κ2) is 5.51. The molecule has 0 saturated heterocycles. The van der Waals surface area contributed by atoms with E-state index in [0.29, 0.717) is 0 Å². The van der Waals surface area contributed by atoms with Crippen LogP contribution in [-0.2, 0) is 10.2 Å². The molecule has 124 valence electrons. The summed E-state index contributed by atoms with van der Waals surface area (Å²) in [5.41, 5.74) is 7.94. The molecule has 3 aromatic rings. The predicted octanol–water partition coefficient (Wildman–Crippen LogP) is 3.41. The van der Waals surface area contributed by atoms with Gasteiger partial charge in [0.1, 0.15) is 5.75 Å². The molecule has 1 saturated carbocycles. The Hall–Kier alpha value is -2.56. The van der Waals surface area contributed by atoms with Crippen molar-refractivity contribution in [2.45, 2.75) is 37.5 Å². The molecule has 5 heteroatoms. The molecule has 0 aliphatic heterocycles. The van der Waals surface area contributed by atoms with Crippen LogP contribution in [0, 0.1) is 0 Å². The first kappa shape index (κ1) is 15.0. The Morgan fingerprint density at radius 1 is 1.17 bits per heavy atom. The van der Waals surface area contributed by atoms with Crippen LogP contribution < -0.4 is 10.5 Å². The number of nitrogens with two attached hydrogens (primary N) is 1. The van der Waals surface area contributed by atoms with Gasteiger partial charge in [-0.2, -0.15) is 0 Å². The Morgan fingerprint density at radius 2 is 1.96 bits per heavy atom. The normalized spacial score (nSPS) is 17.2. The second-order valence-corrected chi connectivity index (χ2v) is 6.66. The van der Waals surface area contributed by atoms with E-state index >= 15 is 0 Å². The summed E-state index contributed by atoms with van der Waals surface area (Å²) in [6, 6.07) is 7.99. The summed E-state index contributed by atoms with van der Waals surface area (Å²) >= 11 is 0. The lowest BCUT2D eigenvalue weighted by atomic mass is 9.71. The first-order valence-corrected chi connectivity index (χ1v) is 8.40. The number of carbonyl (C=O) groups excluding carboxylic acids is 1. The number of methoxy groups -OCH3 is 1. The van der Waals surface area contributed by atoms with Gasteiger partial charge in [-0.1, -0.05) is 19.3 Å². The predicted molar refractivity (Wildman–Crippen MR) is 94.1 cm³/mol. The van der Waals surface area contributed by atoms with Gasteiger partial charge >= 0.3 is 0 Å². The van der Waals surface area contributed by atoms with Gasteiger partial charge < -0.3 is 15.5 Å². The summed E-state index contributed by atoms with van der Waals surface area (Å²) in [6.45, 7) is 0. The number of benzene rings is 1. The van der Waals surface area contributed by atoms with Crippen LogP contribution >= 0.6 is 0 Å². The molecule has 3 N–H and O–H groups in total. The Kier molecular flexibility index (Phi) is 3.44. The van der Waals surface area contributed by atoms with Gasteiger partial charge in [0.15, 0.2) is 0 Å². The minimum atomic E-state index is -0.623. The monoisotopic (exact) mass is 323 g/mol. The number of ether oxygens (including phenoxy) is 1. The van der Waals surface area contributed by atoms with E-state index in [1.807, 2.05) is 30.5 Å². The summed E-state index contributed by atoms with van der Waals surface area (Å²) in [5.74, 6) is 0.554. The molecule has 5 nitrogen and oxygen atoms in total. The number of primary amides is 1. The molecular formula is C19H21N3O2. The first-order valence-electron chi connectivity index (χ1n) is 8.40. The average Bonchev–Trinajstić information content (AvgIpc) is 2.98. The van der Waals surface area contributed by atoms with Crippen LogP contribution in [0.15, 0.2) is 30.5 Å². The lowest BCUT2D eigenvalue weighted by molar-refractivity contribution is -0.124. The number of carbonyl (C=O) groups is 1. The number of nitrogens with zero attached hydrogens (tertiary/aromatic N) is 1. The molecule has 4 rings (SSSR count). The van der Waals surface area contributed by atoms with E-state index in [-0.39, 0.29) is 5.91 Å². The molecule has 0 spiro atoms. The Bertz CT molecular complexity index is 923. The van der Waals surface area contributed by atoms with E-state index in [1.165, 1.54) is 0 Å². The van der Waals surface area contributed by atoms with E-state index in [4.69, 9.17) is 10.5 Å². The molecule has 1 fully saturated rings. The number of rotatable bonds is 3. The maximum atomic E-state index is 12.3. The van der Waals surface area contributed by atoms with Crippen molar-refractivity contribution < 1.29 is 9.53 Å². The number of aromatic amines is 1. The number of fused-ring (bicyclic) bond motifs is 3. The standard InChI is InChI=1S/C19H21N3O2/c1-24-12-5-6-13-14-10-17(21-11-16(14)22-15(13)9-12)19(18(20)23)7-3-2-4-8-19/h5-6,9-11,22H,2-4,7-8H2,1H3,(H2,20,23). The first-order chi connectivity index (χ1) is 11.6. The van der Waals surface area contributed by atoms with Crippen LogP contribution in [0.1, 0.15) is 37.8 Å². The average molecular weight is 323 g/mol. The molecular weight excluding hydrogens is 302 g/mol. The Morgan fingerprint density at radius 3 is 2.67 bits per heavy atom. The zero-order valence-electron chi connectivity index (χ0n) is 13.8. The quantitative estimate of drug-likeness (QED) is 0.775. The van der Waals surface area contributed by atoms with Gasteiger partial charge in [0, 0.05) is 16.8 Å². The molecule has 0 bridgehead atoms. The molecule has 0 unspecified atom stereocenters. The lowest BCUT2D eigenvalue weighted by Gasteiger charge is -2.33. The molecule has 24 heavy (non-hydrogen) atoms. The Labute approximate surface area is 140 Å². The molecule has 1 aromatic carbocycles. The van der Waals surface area contributed by atoms with Gasteiger partial charge in [-0.25, -0.2) is 0 Å². The highest BCUT2D eigenvalue weighted by Gasteiger charge is 2.41. The number of amides is 1. The Balaban J connectivity index is 1.90. The zero-order valence-corrected chi connectivity index (χ0v) is 13.8. The van der Waals surface area contributed by atoms with E-state index in [2.05, 4.69) is 9.97 Å². The van der Waals surface area contributed by atoms with Gasteiger partial charge in [-0.3, -0.25) is 9.78 Å². The van der Waals surface area contributed by atoms with Crippen molar-refractivity contribution in [2.24, 2.45) is 5.73 Å². The van der Waals surface area contributed by atoms with E-state index in [9.17, 15) is 4.79 Å². The fourth-order valence-electron chi connectivity index (χ4n) is 3.96. The van der Waals surface area contributed by atoms with Crippen LogP contribution in [-0.4, -0.2) is 23.0 Å². The van der Waals surface area contributed by atoms with Crippen molar-refractivity contribution in [1.29, 1.82) is 0 Å². The van der Waals surface area contributed by atoms with Gasteiger partial charge in [0.25, 0.3) is 0 Å². The molecule has 1 amide bonds. The van der Waals surface area contributed by atoms with E-state index in [0.717, 1.165) is 65.4 Å². The minimum Gasteiger partial charge on any atom is -0.497 e. The fourth-order valence-corrected chi connectivity index (χ4v) is 3.96. The van der Waals surface area contributed by atoms with Gasteiger partial charge in [-0.15, -0.1) is 0 Å². The summed E-state index contributed by atoms with van der Waals surface area (Å²) in [7, 11) is 1.66. The van der Waals surface area contributed by atoms with Crippen molar-refractivity contribution in [3.63, 3.8) is 0 Å². The minimum absolute atomic E-state index is 0.254. The van der Waals surface area contributed by atoms with Gasteiger partial charge in [0.05, 0.1) is 35.4 Å². The van der Waals surface area contributed by atoms with Crippen LogP contribution in [0.3, 0.4) is 0 Å². The summed E-state index contributed by atoms with van der Waals surface area (Å²) < 4.78 is 5.29. The molecule has 0 radical (unpaired) electrons. The van der Waals surface area contributed by atoms with Gasteiger partial charge in [-0.05, 0) is 31.0 Å². The largest absolute Gasteiger partial charge is 0.497 e. The topological polar surface area (TPSA) is 81.0 Å². The van der Waals surface area contributed by atoms with Crippen molar-refractivity contribution in [1.82, 2.24) is 9.97 Å². The maximum absolute atomic E-state index is 12.3. The van der Waals surface area contributed by atoms with Gasteiger partial charge in [0.2, 0.25) is 5.91 Å². The van der Waals surface area contributed by atoms with Crippen LogP contribution in [0.4, 0.5) is 0 Å². The number of aromatic nitrogens is 2. The second-order valence-electron chi connectivity index (χ2n) is 6.66. The number of H-pyrrole nitrogens is 1. The third-order valence-electron chi connectivity index (χ3n) is 5.36. The van der Waals surface area contributed by atoms with E-state index < -0.39 is 5.41 Å². The molecule has 0 atom stereocenters. The van der Waals surface area contributed by atoms with Crippen molar-refractivity contribution >= 4 is 27.7 Å². The molecule has 1 aliphatic rings. The van der Waals surface area contributed by atoms with Crippen molar-refractivity contribution in [3.05, 3.63) is 36.2 Å². The number of hydrogen-bond donors (Lipinski definition) is 2. The third-order valence-corrected chi connectivity index (χ3v) is 5.36. The third kappa shape index (κ3) is 2.15. The summed E-state index contributed by atoms with van der Waals surface area (Å²) in [5, 5.41) is 2.17. The van der Waals surface area contributed by atoms with Crippen molar-refractivity contribution in [3.8, 4) is 5.75 Å².